The summed E-state index contributed by atoms with van der Waals surface area (Å²) in [6, 6.07) is 16.6. The number of aromatic nitrogens is 1. The molecule has 164 valence electrons. The minimum atomic E-state index is -1.82. The highest BCUT2D eigenvalue weighted by Gasteiger charge is 2.17. The van der Waals surface area contributed by atoms with E-state index in [-0.39, 0.29) is 0 Å². The van der Waals surface area contributed by atoms with Gasteiger partial charge in [0.15, 0.2) is 0 Å². The maximum Gasteiger partial charge on any atom is 0.414 e. The van der Waals surface area contributed by atoms with Gasteiger partial charge in [-0.25, -0.2) is 9.59 Å². The molecule has 8 nitrogen and oxygen atoms in total. The summed E-state index contributed by atoms with van der Waals surface area (Å²) >= 11 is 0. The van der Waals surface area contributed by atoms with Gasteiger partial charge in [0, 0.05) is 36.7 Å². The number of benzene rings is 2. The first-order chi connectivity index (χ1) is 14.9. The minimum absolute atomic E-state index is 0.313. The van der Waals surface area contributed by atoms with Gasteiger partial charge in [-0.2, -0.15) is 0 Å². The lowest BCUT2D eigenvalue weighted by Crippen LogP contribution is -2.37. The zero-order valence-corrected chi connectivity index (χ0v) is 17.0. The van der Waals surface area contributed by atoms with Crippen molar-refractivity contribution in [1.82, 2.24) is 9.88 Å². The Kier molecular flexibility index (Phi) is 7.64. The van der Waals surface area contributed by atoms with Crippen molar-refractivity contribution in [2.75, 3.05) is 26.2 Å². The van der Waals surface area contributed by atoms with Gasteiger partial charge in [0.1, 0.15) is 18.5 Å². The molecule has 1 atom stereocenters. The first kappa shape index (κ1) is 22.3. The molecule has 2 aromatic carbocycles. The summed E-state index contributed by atoms with van der Waals surface area (Å²) in [4.78, 5) is 23.7. The number of nitrogens with one attached hydrogen (secondary N) is 1. The number of aliphatic hydroxyl groups is 1. The van der Waals surface area contributed by atoms with Crippen molar-refractivity contribution in [2.45, 2.75) is 18.9 Å². The van der Waals surface area contributed by atoms with Crippen molar-refractivity contribution in [3.63, 3.8) is 0 Å². The van der Waals surface area contributed by atoms with Gasteiger partial charge in [0.05, 0.1) is 0 Å². The maximum atomic E-state index is 10.4. The second-order valence-electron chi connectivity index (χ2n) is 7.34. The number of hydrogen-bond donors (Lipinski definition) is 4. The number of ether oxygens (including phenoxy) is 1. The topological polar surface area (TPSA) is 123 Å². The Bertz CT molecular complexity index is 993. The first-order valence-corrected chi connectivity index (χ1v) is 10.1. The van der Waals surface area contributed by atoms with E-state index in [2.05, 4.69) is 34.1 Å². The summed E-state index contributed by atoms with van der Waals surface area (Å²) in [5.41, 5.74) is 3.93. The summed E-state index contributed by atoms with van der Waals surface area (Å²) in [6.45, 7) is 2.94. The Morgan fingerprint density at radius 2 is 1.61 bits per heavy atom. The third-order valence-corrected chi connectivity index (χ3v) is 5.15. The Morgan fingerprint density at radius 1 is 0.968 bits per heavy atom. The molecule has 0 unspecified atom stereocenters. The van der Waals surface area contributed by atoms with Crippen LogP contribution >= 0.6 is 0 Å². The van der Waals surface area contributed by atoms with Crippen LogP contribution in [0.1, 0.15) is 11.1 Å². The summed E-state index contributed by atoms with van der Waals surface area (Å²) in [7, 11) is 0. The predicted molar refractivity (Wildman–Crippen MR) is 115 cm³/mol. The zero-order chi connectivity index (χ0) is 22.2. The SMILES string of the molecule is O=C(O)C(=O)O.O[C@H](COc1cccc2[nH]ccc12)CN1CCc2ccccc2CC1. The molecule has 31 heavy (non-hydrogen) atoms. The van der Waals surface area contributed by atoms with Gasteiger partial charge in [-0.05, 0) is 42.2 Å². The second-order valence-corrected chi connectivity index (χ2v) is 7.34. The van der Waals surface area contributed by atoms with Crippen LogP contribution in [0.25, 0.3) is 10.9 Å². The van der Waals surface area contributed by atoms with E-state index in [1.165, 1.54) is 11.1 Å². The fraction of sp³-hybridized carbons (Fsp3) is 0.304. The molecule has 0 amide bonds. The van der Waals surface area contributed by atoms with E-state index >= 15 is 0 Å². The number of nitrogens with zero attached hydrogens (tertiary/aromatic N) is 1. The molecule has 0 saturated heterocycles. The van der Waals surface area contributed by atoms with Crippen LogP contribution in [0.5, 0.6) is 5.75 Å². The Hall–Kier alpha value is -3.36. The molecule has 1 aliphatic heterocycles. The molecular formula is C23H26N2O6. The molecular weight excluding hydrogens is 400 g/mol. The van der Waals surface area contributed by atoms with E-state index in [0.29, 0.717) is 13.2 Å². The molecule has 4 N–H and O–H groups in total. The fourth-order valence-electron chi connectivity index (χ4n) is 3.62. The number of hydrogen-bond acceptors (Lipinski definition) is 5. The van der Waals surface area contributed by atoms with Crippen molar-refractivity contribution >= 4 is 22.8 Å². The molecule has 0 saturated carbocycles. The molecule has 0 radical (unpaired) electrons. The molecule has 3 aromatic rings. The Morgan fingerprint density at radius 3 is 2.23 bits per heavy atom. The number of aliphatic carboxylic acids is 2. The smallest absolute Gasteiger partial charge is 0.414 e. The third kappa shape index (κ3) is 6.31. The van der Waals surface area contributed by atoms with Crippen LogP contribution in [0.4, 0.5) is 0 Å². The van der Waals surface area contributed by atoms with E-state index in [4.69, 9.17) is 24.5 Å². The molecule has 4 rings (SSSR count). The van der Waals surface area contributed by atoms with Crippen molar-refractivity contribution in [3.05, 3.63) is 65.9 Å². The lowest BCUT2D eigenvalue weighted by atomic mass is 10.0. The molecule has 8 heteroatoms. The molecule has 0 bridgehead atoms. The number of rotatable bonds is 5. The average molecular weight is 426 g/mol. The van der Waals surface area contributed by atoms with Crippen LogP contribution in [-0.4, -0.2) is 69.5 Å². The molecule has 1 aromatic heterocycles. The lowest BCUT2D eigenvalue weighted by molar-refractivity contribution is -0.159. The Labute approximate surface area is 179 Å². The summed E-state index contributed by atoms with van der Waals surface area (Å²) in [5, 5.41) is 26.3. The van der Waals surface area contributed by atoms with Crippen LogP contribution in [0.15, 0.2) is 54.7 Å². The number of carbonyl (C=O) groups is 2. The quantitative estimate of drug-likeness (QED) is 0.461. The van der Waals surface area contributed by atoms with E-state index in [0.717, 1.165) is 42.6 Å². The van der Waals surface area contributed by atoms with Crippen molar-refractivity contribution in [1.29, 1.82) is 0 Å². The van der Waals surface area contributed by atoms with Crippen LogP contribution < -0.4 is 4.74 Å². The number of aliphatic hydroxyl groups excluding tert-OH is 1. The van der Waals surface area contributed by atoms with Gasteiger partial charge in [0.25, 0.3) is 0 Å². The summed E-state index contributed by atoms with van der Waals surface area (Å²) < 4.78 is 5.88. The zero-order valence-electron chi connectivity index (χ0n) is 17.0. The van der Waals surface area contributed by atoms with Crippen LogP contribution in [0.2, 0.25) is 0 Å². The van der Waals surface area contributed by atoms with Crippen molar-refractivity contribution < 1.29 is 29.6 Å². The molecule has 2 heterocycles. The predicted octanol–water partition coefficient (Wildman–Crippen LogP) is 2.16. The maximum absolute atomic E-state index is 10.4. The van der Waals surface area contributed by atoms with E-state index < -0.39 is 18.0 Å². The number of carboxylic acid groups (broad SMARTS) is 2. The summed E-state index contributed by atoms with van der Waals surface area (Å²) in [6.07, 6.45) is 3.51. The second kappa shape index (κ2) is 10.6. The average Bonchev–Trinajstić information content (AvgIpc) is 3.15. The highest BCUT2D eigenvalue weighted by molar-refractivity contribution is 6.27. The highest BCUT2D eigenvalue weighted by Crippen LogP contribution is 2.24. The fourth-order valence-corrected chi connectivity index (χ4v) is 3.62. The number of β-amino-alcohol motifs (C(OH)–C–C–N with tert-alkyl or cyclic N) is 1. The van der Waals surface area contributed by atoms with Crippen molar-refractivity contribution in [2.24, 2.45) is 0 Å². The van der Waals surface area contributed by atoms with Gasteiger partial charge in [-0.1, -0.05) is 30.3 Å². The molecule has 0 aliphatic carbocycles. The van der Waals surface area contributed by atoms with Gasteiger partial charge >= 0.3 is 11.9 Å². The van der Waals surface area contributed by atoms with Crippen LogP contribution in [-0.2, 0) is 22.4 Å². The molecule has 0 spiro atoms. The van der Waals surface area contributed by atoms with Crippen molar-refractivity contribution in [3.8, 4) is 5.75 Å². The standard InChI is InChI=1S/C21H24N2O2.C2H2O4/c24-18(15-25-21-7-3-6-20-19(21)8-11-22-20)14-23-12-9-16-4-1-2-5-17(16)10-13-23;3-1(4)2(5)6/h1-8,11,18,22,24H,9-10,12-15H2;(H,3,4)(H,5,6)/t18-;/m0./s1. The Balaban J connectivity index is 0.000000401. The highest BCUT2D eigenvalue weighted by atomic mass is 16.5. The van der Waals surface area contributed by atoms with Gasteiger partial charge < -0.3 is 25.0 Å². The monoisotopic (exact) mass is 426 g/mol. The number of carboxylic acids is 2. The van der Waals surface area contributed by atoms with E-state index in [1.54, 1.807) is 0 Å². The lowest BCUT2D eigenvalue weighted by Gasteiger charge is -2.23. The van der Waals surface area contributed by atoms with Gasteiger partial charge in [0.2, 0.25) is 0 Å². The normalized spacial score (nSPS) is 14.6. The van der Waals surface area contributed by atoms with E-state index in [9.17, 15) is 5.11 Å². The molecule has 0 fully saturated rings. The minimum Gasteiger partial charge on any atom is -0.490 e. The van der Waals surface area contributed by atoms with Gasteiger partial charge in [-0.3, -0.25) is 4.90 Å². The van der Waals surface area contributed by atoms with Gasteiger partial charge in [-0.15, -0.1) is 0 Å². The van der Waals surface area contributed by atoms with E-state index in [1.807, 2.05) is 30.5 Å². The van der Waals surface area contributed by atoms with Crippen LogP contribution in [0.3, 0.4) is 0 Å². The first-order valence-electron chi connectivity index (χ1n) is 10.1. The third-order valence-electron chi connectivity index (χ3n) is 5.15. The number of H-pyrrole nitrogens is 1. The largest absolute Gasteiger partial charge is 0.490 e. The van der Waals surface area contributed by atoms with Crippen LogP contribution in [0, 0.1) is 0 Å². The number of fused-ring (bicyclic) bond motifs is 2. The molecule has 1 aliphatic rings. The number of aromatic amines is 1. The summed E-state index contributed by atoms with van der Waals surface area (Å²) in [5.74, 6) is -2.83.